The van der Waals surface area contributed by atoms with Gasteiger partial charge in [0.2, 0.25) is 11.8 Å². The van der Waals surface area contributed by atoms with Gasteiger partial charge in [-0.05, 0) is 18.6 Å². The van der Waals surface area contributed by atoms with Crippen LogP contribution in [0.25, 0.3) is 0 Å². The van der Waals surface area contributed by atoms with E-state index < -0.39 is 12.0 Å². The van der Waals surface area contributed by atoms with Crippen LogP contribution in [-0.2, 0) is 14.4 Å². The molecule has 0 aromatic heterocycles. The van der Waals surface area contributed by atoms with Crippen LogP contribution in [-0.4, -0.2) is 57.9 Å². The maximum Gasteiger partial charge on any atom is 0.328 e. The van der Waals surface area contributed by atoms with Crippen LogP contribution in [0.4, 0.5) is 0 Å². The summed E-state index contributed by atoms with van der Waals surface area (Å²) in [5.74, 6) is -0.649. The number of hydrogen-bond donors (Lipinski definition) is 2. The van der Waals surface area contributed by atoms with E-state index in [-0.39, 0.29) is 30.2 Å². The van der Waals surface area contributed by atoms with Crippen molar-refractivity contribution in [3.05, 3.63) is 0 Å². The molecular formula is C10H14N2O4S. The van der Waals surface area contributed by atoms with Crippen molar-refractivity contribution in [3.8, 4) is 0 Å². The second kappa shape index (κ2) is 4.95. The first-order valence-electron chi connectivity index (χ1n) is 5.51. The smallest absolute Gasteiger partial charge is 0.328 e. The van der Waals surface area contributed by atoms with Crippen LogP contribution >= 0.6 is 11.8 Å². The highest BCUT2D eigenvalue weighted by atomic mass is 32.2. The molecule has 2 atom stereocenters. The number of nitrogens with one attached hydrogen (secondary N) is 1. The van der Waals surface area contributed by atoms with Crippen molar-refractivity contribution in [3.63, 3.8) is 0 Å². The Hall–Kier alpha value is -1.24. The maximum atomic E-state index is 12.1. The summed E-state index contributed by atoms with van der Waals surface area (Å²) in [5, 5.41) is 11.3. The van der Waals surface area contributed by atoms with Gasteiger partial charge in [-0.25, -0.2) is 4.79 Å². The standard InChI is InChI=1S/C10H14N2O4S/c13-8-5-12(6(4-11-8)10(15)16)9(14)7-2-1-3-17-7/h6-7H,1-5H2,(H,11,13)(H,15,16). The number of carbonyl (C=O) groups excluding carboxylic acids is 2. The molecule has 0 aliphatic carbocycles. The monoisotopic (exact) mass is 258 g/mol. The Balaban J connectivity index is 2.10. The average molecular weight is 258 g/mol. The van der Waals surface area contributed by atoms with Gasteiger partial charge in [-0.3, -0.25) is 9.59 Å². The van der Waals surface area contributed by atoms with Crippen molar-refractivity contribution >= 4 is 29.5 Å². The lowest BCUT2D eigenvalue weighted by Gasteiger charge is -2.34. The molecule has 0 radical (unpaired) electrons. The molecule has 17 heavy (non-hydrogen) atoms. The zero-order valence-electron chi connectivity index (χ0n) is 9.22. The van der Waals surface area contributed by atoms with Crippen molar-refractivity contribution in [1.82, 2.24) is 10.2 Å². The van der Waals surface area contributed by atoms with Crippen molar-refractivity contribution in [2.75, 3.05) is 18.8 Å². The molecule has 7 heteroatoms. The molecular weight excluding hydrogens is 244 g/mol. The Labute approximate surface area is 103 Å². The Morgan fingerprint density at radius 1 is 1.47 bits per heavy atom. The summed E-state index contributed by atoms with van der Waals surface area (Å²) in [6.45, 7) is -0.149. The Bertz CT molecular complexity index is 354. The molecule has 0 aromatic carbocycles. The molecule has 2 fully saturated rings. The number of carboxylic acids is 1. The van der Waals surface area contributed by atoms with Crippen molar-refractivity contribution in [2.45, 2.75) is 24.1 Å². The van der Waals surface area contributed by atoms with Gasteiger partial charge in [-0.15, -0.1) is 11.8 Å². The molecule has 2 heterocycles. The van der Waals surface area contributed by atoms with Gasteiger partial charge in [-0.1, -0.05) is 0 Å². The molecule has 2 aliphatic heterocycles. The molecule has 0 aromatic rings. The first-order valence-corrected chi connectivity index (χ1v) is 6.56. The lowest BCUT2D eigenvalue weighted by atomic mass is 10.1. The van der Waals surface area contributed by atoms with Crippen LogP contribution in [0, 0.1) is 0 Å². The number of hydrogen-bond acceptors (Lipinski definition) is 4. The SMILES string of the molecule is O=C1CN(C(=O)C2CCCS2)C(C(=O)O)CN1. The van der Waals surface area contributed by atoms with Gasteiger partial charge in [0.05, 0.1) is 5.25 Å². The lowest BCUT2D eigenvalue weighted by Crippen LogP contribution is -2.60. The second-order valence-electron chi connectivity index (χ2n) is 4.13. The van der Waals surface area contributed by atoms with Crippen LogP contribution in [0.15, 0.2) is 0 Å². The fourth-order valence-corrected chi connectivity index (χ4v) is 3.28. The van der Waals surface area contributed by atoms with Crippen LogP contribution in [0.2, 0.25) is 0 Å². The quantitative estimate of drug-likeness (QED) is 0.683. The van der Waals surface area contributed by atoms with Gasteiger partial charge in [0.15, 0.2) is 0 Å². The van der Waals surface area contributed by atoms with E-state index in [0.29, 0.717) is 0 Å². The minimum absolute atomic E-state index is 0.00269. The minimum atomic E-state index is -1.07. The Morgan fingerprint density at radius 2 is 2.24 bits per heavy atom. The molecule has 94 valence electrons. The van der Waals surface area contributed by atoms with Crippen LogP contribution in [0.5, 0.6) is 0 Å². The number of carbonyl (C=O) groups is 3. The Kier molecular flexibility index (Phi) is 3.56. The third-order valence-electron chi connectivity index (χ3n) is 2.96. The predicted octanol–water partition coefficient (Wildman–Crippen LogP) is -0.706. The Morgan fingerprint density at radius 3 is 2.82 bits per heavy atom. The van der Waals surface area contributed by atoms with Crippen molar-refractivity contribution < 1.29 is 19.5 Å². The lowest BCUT2D eigenvalue weighted by molar-refractivity contribution is -0.153. The summed E-state index contributed by atoms with van der Waals surface area (Å²) in [7, 11) is 0. The summed E-state index contributed by atoms with van der Waals surface area (Å²) >= 11 is 1.54. The molecule has 2 saturated heterocycles. The second-order valence-corrected chi connectivity index (χ2v) is 5.44. The third-order valence-corrected chi connectivity index (χ3v) is 4.32. The summed E-state index contributed by atoms with van der Waals surface area (Å²) in [6.07, 6.45) is 1.74. The van der Waals surface area contributed by atoms with E-state index in [0.717, 1.165) is 18.6 Å². The van der Waals surface area contributed by atoms with Gasteiger partial charge >= 0.3 is 5.97 Å². The van der Waals surface area contributed by atoms with Crippen LogP contribution in [0.3, 0.4) is 0 Å². The number of amides is 2. The summed E-state index contributed by atoms with van der Waals surface area (Å²) in [5.41, 5.74) is 0. The molecule has 2 N–H and O–H groups in total. The molecule has 2 aliphatic rings. The van der Waals surface area contributed by atoms with E-state index in [1.165, 1.54) is 4.90 Å². The molecule has 2 unspecified atom stereocenters. The number of carboxylic acid groups (broad SMARTS) is 1. The summed E-state index contributed by atoms with van der Waals surface area (Å²) in [6, 6.07) is -0.929. The first kappa shape index (κ1) is 12.2. The van der Waals surface area contributed by atoms with Crippen molar-refractivity contribution in [2.24, 2.45) is 0 Å². The maximum absolute atomic E-state index is 12.1. The van der Waals surface area contributed by atoms with E-state index in [1.54, 1.807) is 11.8 Å². The number of piperazine rings is 1. The summed E-state index contributed by atoms with van der Waals surface area (Å²) in [4.78, 5) is 35.6. The molecule has 0 saturated carbocycles. The van der Waals surface area contributed by atoms with E-state index in [2.05, 4.69) is 5.32 Å². The van der Waals surface area contributed by atoms with Crippen LogP contribution < -0.4 is 5.32 Å². The van der Waals surface area contributed by atoms with E-state index in [4.69, 9.17) is 5.11 Å². The zero-order chi connectivity index (χ0) is 12.4. The number of nitrogens with zero attached hydrogens (tertiary/aromatic N) is 1. The number of rotatable bonds is 2. The largest absolute Gasteiger partial charge is 0.480 e. The molecule has 0 bridgehead atoms. The van der Waals surface area contributed by atoms with Gasteiger partial charge in [0, 0.05) is 6.54 Å². The van der Waals surface area contributed by atoms with Gasteiger partial charge in [0.25, 0.3) is 0 Å². The molecule has 6 nitrogen and oxygen atoms in total. The highest BCUT2D eigenvalue weighted by Crippen LogP contribution is 2.28. The third kappa shape index (κ3) is 2.54. The van der Waals surface area contributed by atoms with Crippen LogP contribution in [0.1, 0.15) is 12.8 Å². The minimum Gasteiger partial charge on any atom is -0.480 e. The first-order chi connectivity index (χ1) is 8.09. The fourth-order valence-electron chi connectivity index (χ4n) is 2.05. The molecule has 2 rings (SSSR count). The molecule has 0 spiro atoms. The normalized spacial score (nSPS) is 28.9. The van der Waals surface area contributed by atoms with Gasteiger partial charge in [-0.2, -0.15) is 0 Å². The van der Waals surface area contributed by atoms with E-state index in [9.17, 15) is 14.4 Å². The predicted molar refractivity (Wildman–Crippen MR) is 61.6 cm³/mol. The van der Waals surface area contributed by atoms with E-state index in [1.807, 2.05) is 0 Å². The highest BCUT2D eigenvalue weighted by Gasteiger charge is 2.38. The van der Waals surface area contributed by atoms with Crippen molar-refractivity contribution in [1.29, 1.82) is 0 Å². The van der Waals surface area contributed by atoms with E-state index >= 15 is 0 Å². The average Bonchev–Trinajstić information content (AvgIpc) is 2.80. The molecule has 2 amide bonds. The summed E-state index contributed by atoms with van der Waals surface area (Å²) < 4.78 is 0. The zero-order valence-corrected chi connectivity index (χ0v) is 10.0. The number of thioether (sulfide) groups is 1. The topological polar surface area (TPSA) is 86.7 Å². The fraction of sp³-hybridized carbons (Fsp3) is 0.700. The number of aliphatic carboxylic acids is 1. The highest BCUT2D eigenvalue weighted by molar-refractivity contribution is 8.00. The van der Waals surface area contributed by atoms with Gasteiger partial charge in [0.1, 0.15) is 12.6 Å². The van der Waals surface area contributed by atoms with Gasteiger partial charge < -0.3 is 15.3 Å².